The van der Waals surface area contributed by atoms with E-state index < -0.39 is 11.4 Å². The van der Waals surface area contributed by atoms with E-state index >= 15 is 0 Å². The Morgan fingerprint density at radius 3 is 1.95 bits per heavy atom. The normalized spacial score (nSPS) is 15.8. The fraction of sp³-hybridized carbons (Fsp3) is 0.533. The van der Waals surface area contributed by atoms with Gasteiger partial charge in [-0.3, -0.25) is 9.59 Å². The van der Waals surface area contributed by atoms with Crippen LogP contribution in [-0.4, -0.2) is 58.9 Å². The number of carbonyl (C=O) groups is 3. The molecule has 0 unspecified atom stereocenters. The van der Waals surface area contributed by atoms with Crippen molar-refractivity contribution in [2.24, 2.45) is 5.41 Å². The second kappa shape index (κ2) is 5.82. The van der Waals surface area contributed by atoms with Crippen LogP contribution in [0.3, 0.4) is 0 Å². The minimum absolute atomic E-state index is 0.00741. The van der Waals surface area contributed by atoms with Crippen LogP contribution in [0.5, 0.6) is 0 Å². The third-order valence-electron chi connectivity index (χ3n) is 3.52. The molecular weight excluding hydrogens is 288 g/mol. The zero-order valence-corrected chi connectivity index (χ0v) is 13.0. The summed E-state index contributed by atoms with van der Waals surface area (Å²) in [5.41, 5.74) is -0.441. The first-order chi connectivity index (χ1) is 10.2. The summed E-state index contributed by atoms with van der Waals surface area (Å²) in [6.45, 7) is 7.34. The van der Waals surface area contributed by atoms with Crippen LogP contribution in [0.4, 0.5) is 0 Å². The Morgan fingerprint density at radius 2 is 1.50 bits per heavy atom. The van der Waals surface area contributed by atoms with Crippen molar-refractivity contribution in [3.05, 3.63) is 23.7 Å². The third-order valence-corrected chi connectivity index (χ3v) is 3.52. The van der Waals surface area contributed by atoms with Gasteiger partial charge in [0.2, 0.25) is 11.7 Å². The van der Waals surface area contributed by atoms with Crippen LogP contribution in [0.25, 0.3) is 0 Å². The molecule has 7 heteroatoms. The average Bonchev–Trinajstić information content (AvgIpc) is 2.95. The number of rotatable bonds is 2. The molecule has 2 amide bonds. The second-order valence-corrected chi connectivity index (χ2v) is 6.30. The van der Waals surface area contributed by atoms with Gasteiger partial charge in [0.05, 0.1) is 0 Å². The van der Waals surface area contributed by atoms with E-state index in [1.54, 1.807) is 9.80 Å². The van der Waals surface area contributed by atoms with Gasteiger partial charge in [0.25, 0.3) is 5.91 Å². The lowest BCUT2D eigenvalue weighted by atomic mass is 9.94. The topological polar surface area (TPSA) is 91.1 Å². The highest BCUT2D eigenvalue weighted by Gasteiger charge is 2.31. The predicted molar refractivity (Wildman–Crippen MR) is 77.6 cm³/mol. The maximum Gasteiger partial charge on any atom is 0.371 e. The Labute approximate surface area is 128 Å². The van der Waals surface area contributed by atoms with Crippen molar-refractivity contribution in [1.82, 2.24) is 9.80 Å². The molecule has 120 valence electrons. The Morgan fingerprint density at radius 1 is 1.00 bits per heavy atom. The van der Waals surface area contributed by atoms with Gasteiger partial charge in [-0.25, -0.2) is 4.79 Å². The van der Waals surface area contributed by atoms with Gasteiger partial charge < -0.3 is 19.3 Å². The van der Waals surface area contributed by atoms with Crippen LogP contribution in [0.1, 0.15) is 41.9 Å². The van der Waals surface area contributed by atoms with Gasteiger partial charge in [-0.1, -0.05) is 20.8 Å². The lowest BCUT2D eigenvalue weighted by Gasteiger charge is -2.37. The fourth-order valence-corrected chi connectivity index (χ4v) is 2.31. The minimum Gasteiger partial charge on any atom is -0.475 e. The average molecular weight is 308 g/mol. The summed E-state index contributed by atoms with van der Waals surface area (Å²) in [5.74, 6) is -1.75. The van der Waals surface area contributed by atoms with Crippen LogP contribution in [0.2, 0.25) is 0 Å². The SMILES string of the molecule is CC(C)(C)C(=O)N1CCN(C(=O)c2ccc(C(=O)O)o2)CC1. The molecule has 1 aliphatic rings. The number of carboxylic acids is 1. The van der Waals surface area contributed by atoms with E-state index in [1.807, 2.05) is 20.8 Å². The third kappa shape index (κ3) is 3.29. The van der Waals surface area contributed by atoms with Gasteiger partial charge in [-0.15, -0.1) is 0 Å². The van der Waals surface area contributed by atoms with Crippen LogP contribution in [0, 0.1) is 5.41 Å². The molecule has 1 aliphatic heterocycles. The number of furan rings is 1. The summed E-state index contributed by atoms with van der Waals surface area (Å²) in [6, 6.07) is 2.62. The number of hydrogen-bond donors (Lipinski definition) is 1. The van der Waals surface area contributed by atoms with Crippen LogP contribution in [0.15, 0.2) is 16.5 Å². The maximum absolute atomic E-state index is 12.2. The summed E-state index contributed by atoms with van der Waals surface area (Å²) >= 11 is 0. The molecule has 1 aromatic heterocycles. The predicted octanol–water partition coefficient (Wildman–Crippen LogP) is 1.31. The van der Waals surface area contributed by atoms with E-state index in [4.69, 9.17) is 9.52 Å². The Balaban J connectivity index is 1.97. The number of hydrogen-bond acceptors (Lipinski definition) is 4. The lowest BCUT2D eigenvalue weighted by Crippen LogP contribution is -2.53. The zero-order valence-electron chi connectivity index (χ0n) is 13.0. The molecule has 2 heterocycles. The van der Waals surface area contributed by atoms with E-state index in [0.29, 0.717) is 26.2 Å². The highest BCUT2D eigenvalue weighted by molar-refractivity contribution is 5.93. The molecule has 1 fully saturated rings. The number of aromatic carboxylic acids is 1. The van der Waals surface area contributed by atoms with Gasteiger partial charge in [0.15, 0.2) is 5.76 Å². The van der Waals surface area contributed by atoms with Gasteiger partial charge in [0, 0.05) is 31.6 Å². The largest absolute Gasteiger partial charge is 0.475 e. The molecule has 0 saturated carbocycles. The van der Waals surface area contributed by atoms with E-state index in [1.165, 1.54) is 12.1 Å². The molecule has 0 aliphatic carbocycles. The summed E-state index contributed by atoms with van der Waals surface area (Å²) in [4.78, 5) is 38.5. The Hall–Kier alpha value is -2.31. The van der Waals surface area contributed by atoms with E-state index in [2.05, 4.69) is 0 Å². The van der Waals surface area contributed by atoms with Crippen LogP contribution >= 0.6 is 0 Å². The lowest BCUT2D eigenvalue weighted by molar-refractivity contribution is -0.140. The van der Waals surface area contributed by atoms with Crippen molar-refractivity contribution < 1.29 is 23.9 Å². The molecule has 0 aromatic carbocycles. The maximum atomic E-state index is 12.2. The van der Waals surface area contributed by atoms with Crippen LogP contribution in [-0.2, 0) is 4.79 Å². The number of piperazine rings is 1. The molecule has 1 saturated heterocycles. The summed E-state index contributed by atoms with van der Waals surface area (Å²) in [5, 5.41) is 8.80. The van der Waals surface area contributed by atoms with Crippen molar-refractivity contribution in [3.8, 4) is 0 Å². The van der Waals surface area contributed by atoms with Gasteiger partial charge in [-0.05, 0) is 12.1 Å². The van der Waals surface area contributed by atoms with Crippen molar-refractivity contribution >= 4 is 17.8 Å². The van der Waals surface area contributed by atoms with Gasteiger partial charge >= 0.3 is 5.97 Å². The summed E-state index contributed by atoms with van der Waals surface area (Å²) < 4.78 is 5.02. The van der Waals surface area contributed by atoms with Crippen molar-refractivity contribution in [2.75, 3.05) is 26.2 Å². The van der Waals surface area contributed by atoms with Gasteiger partial charge in [-0.2, -0.15) is 0 Å². The molecule has 0 radical (unpaired) electrons. The molecular formula is C15H20N2O5. The smallest absolute Gasteiger partial charge is 0.371 e. The molecule has 1 N–H and O–H groups in total. The Kier molecular flexibility index (Phi) is 4.25. The molecule has 22 heavy (non-hydrogen) atoms. The monoisotopic (exact) mass is 308 g/mol. The highest BCUT2D eigenvalue weighted by atomic mass is 16.4. The molecule has 0 spiro atoms. The number of carbonyl (C=O) groups excluding carboxylic acids is 2. The second-order valence-electron chi connectivity index (χ2n) is 6.30. The Bertz CT molecular complexity index is 591. The molecule has 2 rings (SSSR count). The van der Waals surface area contributed by atoms with Gasteiger partial charge in [0.1, 0.15) is 0 Å². The quantitative estimate of drug-likeness (QED) is 0.889. The van der Waals surface area contributed by atoms with E-state index in [-0.39, 0.29) is 23.3 Å². The first kappa shape index (κ1) is 16.1. The van der Waals surface area contributed by atoms with Crippen molar-refractivity contribution in [2.45, 2.75) is 20.8 Å². The summed E-state index contributed by atoms with van der Waals surface area (Å²) in [7, 11) is 0. The highest BCUT2D eigenvalue weighted by Crippen LogP contribution is 2.19. The molecule has 0 bridgehead atoms. The van der Waals surface area contributed by atoms with Crippen molar-refractivity contribution in [3.63, 3.8) is 0 Å². The summed E-state index contributed by atoms with van der Waals surface area (Å²) in [6.07, 6.45) is 0. The van der Waals surface area contributed by atoms with Crippen LogP contribution < -0.4 is 0 Å². The number of amides is 2. The molecule has 0 atom stereocenters. The van der Waals surface area contributed by atoms with E-state index in [9.17, 15) is 14.4 Å². The standard InChI is InChI=1S/C15H20N2O5/c1-15(2,3)14(21)17-8-6-16(7-9-17)12(18)10-4-5-11(22-10)13(19)20/h4-5H,6-9H2,1-3H3,(H,19,20). The molecule has 1 aromatic rings. The zero-order chi connectivity index (χ0) is 16.5. The first-order valence-corrected chi connectivity index (χ1v) is 7.12. The number of nitrogens with zero attached hydrogens (tertiary/aromatic N) is 2. The fourth-order valence-electron chi connectivity index (χ4n) is 2.31. The first-order valence-electron chi connectivity index (χ1n) is 7.12. The number of carboxylic acid groups (broad SMARTS) is 1. The molecule has 7 nitrogen and oxygen atoms in total. The van der Waals surface area contributed by atoms with E-state index in [0.717, 1.165) is 0 Å². The van der Waals surface area contributed by atoms with Crippen molar-refractivity contribution in [1.29, 1.82) is 0 Å². The minimum atomic E-state index is -1.21.